The Labute approximate surface area is 132 Å². The van der Waals surface area contributed by atoms with Gasteiger partial charge in [-0.1, -0.05) is 25.7 Å². The first-order valence-corrected chi connectivity index (χ1v) is 7.93. The van der Waals surface area contributed by atoms with E-state index < -0.39 is 0 Å². The van der Waals surface area contributed by atoms with E-state index >= 15 is 0 Å². The van der Waals surface area contributed by atoms with Crippen LogP contribution in [0.3, 0.4) is 0 Å². The molecule has 0 aromatic heterocycles. The van der Waals surface area contributed by atoms with Crippen LogP contribution < -0.4 is 20.1 Å². The molecule has 0 aliphatic heterocycles. The smallest absolute Gasteiger partial charge is 0.171 e. The molecule has 116 valence electrons. The highest BCUT2D eigenvalue weighted by Crippen LogP contribution is 2.29. The monoisotopic (exact) mass is 308 g/mol. The topological polar surface area (TPSA) is 42.5 Å². The van der Waals surface area contributed by atoms with Gasteiger partial charge in [0.1, 0.15) is 11.5 Å². The maximum absolute atomic E-state index is 5.43. The number of methoxy groups -OCH3 is 2. The van der Waals surface area contributed by atoms with Crippen molar-refractivity contribution in [2.24, 2.45) is 0 Å². The van der Waals surface area contributed by atoms with E-state index in [2.05, 4.69) is 10.6 Å². The van der Waals surface area contributed by atoms with Gasteiger partial charge in [0, 0.05) is 12.1 Å². The maximum Gasteiger partial charge on any atom is 0.171 e. The van der Waals surface area contributed by atoms with Crippen LogP contribution >= 0.6 is 12.2 Å². The van der Waals surface area contributed by atoms with Gasteiger partial charge in [0.25, 0.3) is 0 Å². The third kappa shape index (κ3) is 4.77. The van der Waals surface area contributed by atoms with E-state index in [0.717, 1.165) is 17.2 Å². The molecule has 0 heterocycles. The molecule has 4 nitrogen and oxygen atoms in total. The third-order valence-electron chi connectivity index (χ3n) is 3.85. The lowest BCUT2D eigenvalue weighted by molar-refractivity contribution is 0.405. The molecule has 1 aromatic rings. The van der Waals surface area contributed by atoms with Crippen LogP contribution in [-0.2, 0) is 0 Å². The summed E-state index contributed by atoms with van der Waals surface area (Å²) in [4.78, 5) is 0. The third-order valence-corrected chi connectivity index (χ3v) is 4.07. The summed E-state index contributed by atoms with van der Waals surface area (Å²) in [5, 5.41) is 7.29. The van der Waals surface area contributed by atoms with Gasteiger partial charge in [0.05, 0.1) is 19.9 Å². The zero-order valence-corrected chi connectivity index (χ0v) is 13.6. The molecule has 2 rings (SSSR count). The van der Waals surface area contributed by atoms with Gasteiger partial charge in [-0.2, -0.15) is 0 Å². The molecule has 2 N–H and O–H groups in total. The molecular formula is C16H24N2O2S. The van der Waals surface area contributed by atoms with E-state index in [1.807, 2.05) is 18.2 Å². The lowest BCUT2D eigenvalue weighted by Gasteiger charge is -2.20. The lowest BCUT2D eigenvalue weighted by Crippen LogP contribution is -2.37. The van der Waals surface area contributed by atoms with Crippen molar-refractivity contribution >= 4 is 23.0 Å². The van der Waals surface area contributed by atoms with Crippen LogP contribution in [0.4, 0.5) is 5.69 Å². The van der Waals surface area contributed by atoms with E-state index in [-0.39, 0.29) is 0 Å². The summed E-state index contributed by atoms with van der Waals surface area (Å²) in [5.74, 6) is 1.52. The van der Waals surface area contributed by atoms with Gasteiger partial charge in [-0.15, -0.1) is 0 Å². The molecular weight excluding hydrogens is 284 g/mol. The summed E-state index contributed by atoms with van der Waals surface area (Å²) < 4.78 is 10.6. The largest absolute Gasteiger partial charge is 0.497 e. The average molecular weight is 308 g/mol. The highest BCUT2D eigenvalue weighted by molar-refractivity contribution is 7.80. The quantitative estimate of drug-likeness (QED) is 0.655. The molecule has 1 aliphatic carbocycles. The Hall–Kier alpha value is -1.49. The molecule has 5 heteroatoms. The number of rotatable bonds is 4. The standard InChI is InChI=1S/C16H24N2O2S/c1-19-13-9-10-15(20-2)14(11-13)18-16(21)17-12-7-5-3-4-6-8-12/h9-12H,3-8H2,1-2H3,(H2,17,18,21). The van der Waals surface area contributed by atoms with Gasteiger partial charge < -0.3 is 20.1 Å². The number of benzene rings is 1. The van der Waals surface area contributed by atoms with E-state index in [1.54, 1.807) is 14.2 Å². The SMILES string of the molecule is COc1ccc(OC)c(NC(=S)NC2CCCCCC2)c1. The molecule has 1 saturated carbocycles. The van der Waals surface area contributed by atoms with Crippen molar-refractivity contribution in [1.82, 2.24) is 5.32 Å². The van der Waals surface area contributed by atoms with Crippen molar-refractivity contribution in [1.29, 1.82) is 0 Å². The van der Waals surface area contributed by atoms with Gasteiger partial charge in [-0.25, -0.2) is 0 Å². The van der Waals surface area contributed by atoms with Gasteiger partial charge >= 0.3 is 0 Å². The molecule has 1 aliphatic rings. The zero-order valence-electron chi connectivity index (χ0n) is 12.8. The zero-order chi connectivity index (χ0) is 15.1. The second-order valence-corrected chi connectivity index (χ2v) is 5.76. The minimum absolute atomic E-state index is 0.476. The highest BCUT2D eigenvalue weighted by Gasteiger charge is 2.14. The summed E-state index contributed by atoms with van der Waals surface area (Å²) in [6.45, 7) is 0. The molecule has 0 unspecified atom stereocenters. The minimum atomic E-state index is 0.476. The first-order valence-electron chi connectivity index (χ1n) is 7.52. The Morgan fingerprint density at radius 3 is 2.43 bits per heavy atom. The first kappa shape index (κ1) is 15.9. The number of nitrogens with one attached hydrogen (secondary N) is 2. The van der Waals surface area contributed by atoms with Gasteiger partial charge in [0.15, 0.2) is 5.11 Å². The average Bonchev–Trinajstić information content (AvgIpc) is 2.75. The maximum atomic E-state index is 5.43. The van der Waals surface area contributed by atoms with E-state index in [9.17, 15) is 0 Å². The van der Waals surface area contributed by atoms with Crippen molar-refractivity contribution in [2.45, 2.75) is 44.6 Å². The second kappa shape index (κ2) is 8.08. The van der Waals surface area contributed by atoms with E-state index in [1.165, 1.54) is 38.5 Å². The van der Waals surface area contributed by atoms with Crippen LogP contribution in [0.1, 0.15) is 38.5 Å². The van der Waals surface area contributed by atoms with Crippen LogP contribution in [0, 0.1) is 0 Å². The fourth-order valence-corrected chi connectivity index (χ4v) is 2.96. The molecule has 1 aromatic carbocycles. The lowest BCUT2D eigenvalue weighted by atomic mass is 10.1. The Morgan fingerprint density at radius 2 is 1.81 bits per heavy atom. The number of thiocarbonyl (C=S) groups is 1. The predicted molar refractivity (Wildman–Crippen MR) is 90.4 cm³/mol. The Balaban J connectivity index is 1.97. The highest BCUT2D eigenvalue weighted by atomic mass is 32.1. The van der Waals surface area contributed by atoms with Crippen molar-refractivity contribution in [3.8, 4) is 11.5 Å². The van der Waals surface area contributed by atoms with Crippen LogP contribution in [0.2, 0.25) is 0 Å². The van der Waals surface area contributed by atoms with E-state index in [4.69, 9.17) is 21.7 Å². The van der Waals surface area contributed by atoms with Crippen LogP contribution in [-0.4, -0.2) is 25.4 Å². The van der Waals surface area contributed by atoms with Crippen molar-refractivity contribution in [2.75, 3.05) is 19.5 Å². The van der Waals surface area contributed by atoms with Crippen LogP contribution in [0.25, 0.3) is 0 Å². The summed E-state index contributed by atoms with van der Waals surface area (Å²) in [6, 6.07) is 6.10. The Bertz CT molecular complexity index is 471. The number of hydrogen-bond acceptors (Lipinski definition) is 3. The van der Waals surface area contributed by atoms with Crippen molar-refractivity contribution in [3.63, 3.8) is 0 Å². The molecule has 0 radical (unpaired) electrons. The van der Waals surface area contributed by atoms with Gasteiger partial charge in [0.2, 0.25) is 0 Å². The van der Waals surface area contributed by atoms with Crippen molar-refractivity contribution < 1.29 is 9.47 Å². The first-order chi connectivity index (χ1) is 10.2. The van der Waals surface area contributed by atoms with Crippen LogP contribution in [0.15, 0.2) is 18.2 Å². The summed E-state index contributed by atoms with van der Waals surface area (Å²) >= 11 is 5.43. The molecule has 0 atom stereocenters. The van der Waals surface area contributed by atoms with E-state index in [0.29, 0.717) is 11.2 Å². The number of hydrogen-bond donors (Lipinski definition) is 2. The van der Waals surface area contributed by atoms with Gasteiger partial charge in [-0.3, -0.25) is 0 Å². The number of anilines is 1. The summed E-state index contributed by atoms with van der Waals surface area (Å²) in [5.41, 5.74) is 0.822. The molecule has 0 bridgehead atoms. The number of ether oxygens (including phenoxy) is 2. The second-order valence-electron chi connectivity index (χ2n) is 5.35. The Morgan fingerprint density at radius 1 is 1.10 bits per heavy atom. The molecule has 0 saturated heterocycles. The fraction of sp³-hybridized carbons (Fsp3) is 0.562. The van der Waals surface area contributed by atoms with Crippen LogP contribution in [0.5, 0.6) is 11.5 Å². The fourth-order valence-electron chi connectivity index (χ4n) is 2.68. The van der Waals surface area contributed by atoms with Gasteiger partial charge in [-0.05, 0) is 37.2 Å². The summed E-state index contributed by atoms with van der Waals surface area (Å²) in [7, 11) is 3.29. The summed E-state index contributed by atoms with van der Waals surface area (Å²) in [6.07, 6.45) is 7.61. The molecule has 1 fully saturated rings. The molecule has 21 heavy (non-hydrogen) atoms. The predicted octanol–water partition coefficient (Wildman–Crippen LogP) is 3.71. The minimum Gasteiger partial charge on any atom is -0.497 e. The molecule has 0 spiro atoms. The van der Waals surface area contributed by atoms with Crippen molar-refractivity contribution in [3.05, 3.63) is 18.2 Å². The normalized spacial score (nSPS) is 15.9. The molecule has 0 amide bonds. The Kier molecular flexibility index (Phi) is 6.11.